The molecule has 4 nitrogen and oxygen atoms in total. The maximum absolute atomic E-state index is 4.13. The van der Waals surface area contributed by atoms with Crippen LogP contribution in [0.25, 0.3) is 5.69 Å². The lowest BCUT2D eigenvalue weighted by atomic mass is 9.88. The Hall–Kier alpha value is -1.49. The predicted octanol–water partition coefficient (Wildman–Crippen LogP) is 3.21. The summed E-state index contributed by atoms with van der Waals surface area (Å²) in [5, 5.41) is 11.9. The molecule has 0 bridgehead atoms. The largest absolute Gasteiger partial charge is 0.381 e. The summed E-state index contributed by atoms with van der Waals surface area (Å²) >= 11 is 2.04. The van der Waals surface area contributed by atoms with Gasteiger partial charge in [0.1, 0.15) is 0 Å². The number of anilines is 1. The maximum atomic E-state index is 4.13. The fraction of sp³-hybridized carbons (Fsp3) is 0.467. The van der Waals surface area contributed by atoms with Crippen molar-refractivity contribution < 1.29 is 0 Å². The van der Waals surface area contributed by atoms with Gasteiger partial charge in [-0.3, -0.25) is 0 Å². The summed E-state index contributed by atoms with van der Waals surface area (Å²) in [6.45, 7) is 4.70. The van der Waals surface area contributed by atoms with Gasteiger partial charge < -0.3 is 5.32 Å². The van der Waals surface area contributed by atoms with Gasteiger partial charge in [-0.15, -0.1) is 0 Å². The minimum absolute atomic E-state index is 0.430. The second kappa shape index (κ2) is 5.48. The van der Waals surface area contributed by atoms with Crippen LogP contribution in [0.5, 0.6) is 0 Å². The van der Waals surface area contributed by atoms with Crippen molar-refractivity contribution in [3.63, 3.8) is 0 Å². The molecule has 5 heteroatoms. The zero-order chi connectivity index (χ0) is 14.0. The molecule has 1 unspecified atom stereocenters. The molecular formula is C15H20N4S. The first-order valence-corrected chi connectivity index (χ1v) is 8.09. The van der Waals surface area contributed by atoms with Crippen LogP contribution in [0.15, 0.2) is 36.7 Å². The minimum Gasteiger partial charge on any atom is -0.381 e. The molecule has 1 aliphatic heterocycles. The topological polar surface area (TPSA) is 42.7 Å². The molecule has 1 N–H and O–H groups in total. The quantitative estimate of drug-likeness (QED) is 0.942. The van der Waals surface area contributed by atoms with E-state index in [1.807, 2.05) is 23.9 Å². The lowest BCUT2D eigenvalue weighted by molar-refractivity contribution is 0.358. The SMILES string of the molecule is CC1(C)CSCC(Nc2ccc(-n3nccn3)cc2)C1. The summed E-state index contributed by atoms with van der Waals surface area (Å²) in [4.78, 5) is 1.63. The second-order valence-electron chi connectivity index (χ2n) is 6.09. The molecule has 0 spiro atoms. The van der Waals surface area contributed by atoms with Crippen LogP contribution in [0, 0.1) is 5.41 Å². The van der Waals surface area contributed by atoms with Crippen molar-refractivity contribution in [2.24, 2.45) is 5.41 Å². The summed E-state index contributed by atoms with van der Waals surface area (Å²) in [5.74, 6) is 2.45. The van der Waals surface area contributed by atoms with Crippen LogP contribution in [-0.2, 0) is 0 Å². The minimum atomic E-state index is 0.430. The third-order valence-electron chi connectivity index (χ3n) is 3.50. The number of nitrogens with one attached hydrogen (secondary N) is 1. The van der Waals surface area contributed by atoms with E-state index in [0.29, 0.717) is 11.5 Å². The van der Waals surface area contributed by atoms with Crippen molar-refractivity contribution in [3.05, 3.63) is 36.7 Å². The van der Waals surface area contributed by atoms with Crippen LogP contribution in [0.1, 0.15) is 20.3 Å². The van der Waals surface area contributed by atoms with Crippen LogP contribution in [0.4, 0.5) is 5.69 Å². The van der Waals surface area contributed by atoms with Crippen molar-refractivity contribution in [2.75, 3.05) is 16.8 Å². The summed E-state index contributed by atoms with van der Waals surface area (Å²) < 4.78 is 0. The molecule has 1 aromatic carbocycles. The van der Waals surface area contributed by atoms with E-state index in [1.165, 1.54) is 23.6 Å². The zero-order valence-electron chi connectivity index (χ0n) is 11.9. The third kappa shape index (κ3) is 3.15. The van der Waals surface area contributed by atoms with Crippen molar-refractivity contribution in [2.45, 2.75) is 26.3 Å². The molecule has 3 rings (SSSR count). The highest BCUT2D eigenvalue weighted by molar-refractivity contribution is 7.99. The zero-order valence-corrected chi connectivity index (χ0v) is 12.7. The number of thioether (sulfide) groups is 1. The van der Waals surface area contributed by atoms with E-state index in [4.69, 9.17) is 0 Å². The number of hydrogen-bond donors (Lipinski definition) is 1. The molecule has 1 aliphatic rings. The van der Waals surface area contributed by atoms with Crippen LogP contribution >= 0.6 is 11.8 Å². The molecule has 1 saturated heterocycles. The second-order valence-corrected chi connectivity index (χ2v) is 7.12. The Morgan fingerprint density at radius 2 is 1.90 bits per heavy atom. The molecule has 106 valence electrons. The fourth-order valence-electron chi connectivity index (χ4n) is 2.63. The van der Waals surface area contributed by atoms with Gasteiger partial charge in [0.25, 0.3) is 0 Å². The highest BCUT2D eigenvalue weighted by Crippen LogP contribution is 2.34. The van der Waals surface area contributed by atoms with E-state index in [1.54, 1.807) is 17.2 Å². The molecule has 1 fully saturated rings. The van der Waals surface area contributed by atoms with Gasteiger partial charge in [0.15, 0.2) is 0 Å². The Morgan fingerprint density at radius 1 is 1.20 bits per heavy atom. The number of aromatic nitrogens is 3. The van der Waals surface area contributed by atoms with Gasteiger partial charge in [0.05, 0.1) is 18.1 Å². The highest BCUT2D eigenvalue weighted by atomic mass is 32.2. The van der Waals surface area contributed by atoms with E-state index in [0.717, 1.165) is 5.69 Å². The lowest BCUT2D eigenvalue weighted by Gasteiger charge is -2.35. The van der Waals surface area contributed by atoms with E-state index in [9.17, 15) is 0 Å². The average Bonchev–Trinajstić information content (AvgIpc) is 2.92. The molecule has 1 aromatic heterocycles. The Morgan fingerprint density at radius 3 is 2.55 bits per heavy atom. The van der Waals surface area contributed by atoms with Crippen molar-refractivity contribution in [3.8, 4) is 5.69 Å². The lowest BCUT2D eigenvalue weighted by Crippen LogP contribution is -2.35. The fourth-order valence-corrected chi connectivity index (χ4v) is 3.90. The van der Waals surface area contributed by atoms with Crippen molar-refractivity contribution in [1.29, 1.82) is 0 Å². The molecule has 2 heterocycles. The van der Waals surface area contributed by atoms with Gasteiger partial charge in [-0.05, 0) is 41.9 Å². The van der Waals surface area contributed by atoms with Gasteiger partial charge in [0, 0.05) is 17.5 Å². The molecule has 0 aliphatic carbocycles. The van der Waals surface area contributed by atoms with Gasteiger partial charge >= 0.3 is 0 Å². The van der Waals surface area contributed by atoms with Crippen LogP contribution < -0.4 is 5.32 Å². The summed E-state index contributed by atoms with van der Waals surface area (Å²) in [7, 11) is 0. The normalized spacial score (nSPS) is 21.6. The molecule has 0 amide bonds. The predicted molar refractivity (Wildman–Crippen MR) is 84.5 cm³/mol. The molecule has 0 radical (unpaired) electrons. The standard InChI is InChI=1S/C15H20N4S/c1-15(2)9-13(10-20-11-15)18-12-3-5-14(6-4-12)19-16-7-8-17-19/h3-8,13,18H,9-11H2,1-2H3. The molecule has 2 aromatic rings. The summed E-state index contributed by atoms with van der Waals surface area (Å²) in [6, 6.07) is 8.85. The highest BCUT2D eigenvalue weighted by Gasteiger charge is 2.28. The first-order valence-electron chi connectivity index (χ1n) is 6.93. The van der Waals surface area contributed by atoms with Crippen LogP contribution in [0.3, 0.4) is 0 Å². The third-order valence-corrected chi connectivity index (χ3v) is 5.12. The maximum Gasteiger partial charge on any atom is 0.0858 e. The van der Waals surface area contributed by atoms with Gasteiger partial charge in [-0.2, -0.15) is 26.8 Å². The number of hydrogen-bond acceptors (Lipinski definition) is 4. The van der Waals surface area contributed by atoms with Gasteiger partial charge in [-0.1, -0.05) is 13.8 Å². The Balaban J connectivity index is 1.66. The van der Waals surface area contributed by atoms with E-state index in [-0.39, 0.29) is 0 Å². The van der Waals surface area contributed by atoms with Crippen molar-refractivity contribution in [1.82, 2.24) is 15.0 Å². The van der Waals surface area contributed by atoms with Gasteiger partial charge in [-0.25, -0.2) is 0 Å². The summed E-state index contributed by atoms with van der Waals surface area (Å²) in [6.07, 6.45) is 4.60. The first-order chi connectivity index (χ1) is 9.62. The Labute approximate surface area is 124 Å². The number of nitrogens with zero attached hydrogens (tertiary/aromatic N) is 3. The van der Waals surface area contributed by atoms with Crippen LogP contribution in [0.2, 0.25) is 0 Å². The Bertz CT molecular complexity index is 548. The van der Waals surface area contributed by atoms with E-state index in [2.05, 4.69) is 41.5 Å². The smallest absolute Gasteiger partial charge is 0.0858 e. The molecule has 1 atom stereocenters. The number of benzene rings is 1. The molecule has 20 heavy (non-hydrogen) atoms. The average molecular weight is 288 g/mol. The van der Waals surface area contributed by atoms with Crippen LogP contribution in [-0.4, -0.2) is 32.5 Å². The number of rotatable bonds is 3. The van der Waals surface area contributed by atoms with E-state index < -0.39 is 0 Å². The van der Waals surface area contributed by atoms with E-state index >= 15 is 0 Å². The molecular weight excluding hydrogens is 268 g/mol. The Kier molecular flexibility index (Phi) is 3.70. The molecule has 0 saturated carbocycles. The van der Waals surface area contributed by atoms with Gasteiger partial charge in [0.2, 0.25) is 0 Å². The first kappa shape index (κ1) is 13.5. The summed E-state index contributed by atoms with van der Waals surface area (Å²) in [5.41, 5.74) is 2.59. The monoisotopic (exact) mass is 288 g/mol. The van der Waals surface area contributed by atoms with Crippen molar-refractivity contribution >= 4 is 17.4 Å².